The highest BCUT2D eigenvalue weighted by Crippen LogP contribution is 2.15. The maximum absolute atomic E-state index is 11.2. The van der Waals surface area contributed by atoms with Gasteiger partial charge in [0.05, 0.1) is 4.88 Å². The van der Waals surface area contributed by atoms with Crippen LogP contribution in [-0.2, 0) is 4.79 Å². The van der Waals surface area contributed by atoms with E-state index in [0.29, 0.717) is 4.88 Å². The van der Waals surface area contributed by atoms with Gasteiger partial charge in [-0.1, -0.05) is 0 Å². The Morgan fingerprint density at radius 2 is 2.08 bits per heavy atom. The van der Waals surface area contributed by atoms with Crippen molar-refractivity contribution in [3.63, 3.8) is 0 Å². The highest BCUT2D eigenvalue weighted by molar-refractivity contribution is 7.14. The van der Waals surface area contributed by atoms with Gasteiger partial charge in [0.25, 0.3) is 0 Å². The number of aryl methyl sites for hydroxylation is 1. The molecule has 1 rings (SSSR count). The number of hydrogen-bond donors (Lipinski definition) is 1. The van der Waals surface area contributed by atoms with Crippen LogP contribution in [0.1, 0.15) is 14.5 Å². The van der Waals surface area contributed by atoms with E-state index in [2.05, 4.69) is 0 Å². The van der Waals surface area contributed by atoms with Gasteiger partial charge in [-0.3, -0.25) is 4.79 Å². The molecule has 3 nitrogen and oxygen atoms in total. The number of carbonyl (C=O) groups is 2. The maximum Gasteiger partial charge on any atom is 0.328 e. The third-order valence-corrected chi connectivity index (χ3v) is 2.38. The van der Waals surface area contributed by atoms with Crippen LogP contribution >= 0.6 is 11.3 Å². The summed E-state index contributed by atoms with van der Waals surface area (Å²) in [5.74, 6) is -1.37. The summed E-state index contributed by atoms with van der Waals surface area (Å²) >= 11 is 1.35. The number of hydrogen-bond acceptors (Lipinski definition) is 3. The molecule has 1 aromatic rings. The van der Waals surface area contributed by atoms with Crippen molar-refractivity contribution in [1.82, 2.24) is 0 Å². The van der Waals surface area contributed by atoms with E-state index < -0.39 is 5.97 Å². The van der Waals surface area contributed by atoms with Gasteiger partial charge in [0.15, 0.2) is 5.78 Å². The molecule has 0 bridgehead atoms. The molecule has 0 aliphatic carbocycles. The van der Waals surface area contributed by atoms with E-state index in [9.17, 15) is 9.59 Å². The minimum Gasteiger partial charge on any atom is -0.478 e. The molecule has 0 aliphatic rings. The molecule has 68 valence electrons. The summed E-state index contributed by atoms with van der Waals surface area (Å²) in [5.41, 5.74) is 0. The predicted octanol–water partition coefficient (Wildman–Crippen LogP) is 1.88. The summed E-state index contributed by atoms with van der Waals surface area (Å²) in [5, 5.41) is 8.28. The molecule has 0 unspecified atom stereocenters. The van der Waals surface area contributed by atoms with Crippen LogP contribution in [0.25, 0.3) is 0 Å². The van der Waals surface area contributed by atoms with Gasteiger partial charge in [-0.05, 0) is 25.1 Å². The average molecular weight is 196 g/mol. The van der Waals surface area contributed by atoms with Gasteiger partial charge >= 0.3 is 5.97 Å². The topological polar surface area (TPSA) is 54.4 Å². The first-order valence-corrected chi connectivity index (χ1v) is 4.43. The van der Waals surface area contributed by atoms with Crippen LogP contribution < -0.4 is 0 Å². The van der Waals surface area contributed by atoms with E-state index in [0.717, 1.165) is 17.0 Å². The molecule has 0 radical (unpaired) electrons. The normalized spacial score (nSPS) is 10.5. The van der Waals surface area contributed by atoms with Gasteiger partial charge in [-0.2, -0.15) is 0 Å². The highest BCUT2D eigenvalue weighted by Gasteiger charge is 2.04. The molecule has 0 saturated heterocycles. The van der Waals surface area contributed by atoms with Crippen LogP contribution in [0.3, 0.4) is 0 Å². The van der Waals surface area contributed by atoms with Crippen molar-refractivity contribution in [2.24, 2.45) is 0 Å². The lowest BCUT2D eigenvalue weighted by Gasteiger charge is -1.85. The van der Waals surface area contributed by atoms with E-state index in [1.54, 1.807) is 6.07 Å². The van der Waals surface area contributed by atoms with Gasteiger partial charge in [0.2, 0.25) is 0 Å². The highest BCUT2D eigenvalue weighted by atomic mass is 32.1. The Labute approximate surface area is 79.3 Å². The lowest BCUT2D eigenvalue weighted by molar-refractivity contribution is -0.131. The Hall–Kier alpha value is -1.42. The number of thiophene rings is 1. The molecule has 0 aliphatic heterocycles. The largest absolute Gasteiger partial charge is 0.478 e. The third kappa shape index (κ3) is 2.83. The fraction of sp³-hybridized carbons (Fsp3) is 0.111. The van der Waals surface area contributed by atoms with Crippen molar-refractivity contribution in [2.45, 2.75) is 6.92 Å². The van der Waals surface area contributed by atoms with Crippen LogP contribution in [0, 0.1) is 6.92 Å². The van der Waals surface area contributed by atoms with Crippen molar-refractivity contribution in [2.75, 3.05) is 0 Å². The van der Waals surface area contributed by atoms with E-state index in [1.165, 1.54) is 11.3 Å². The summed E-state index contributed by atoms with van der Waals surface area (Å²) in [6.07, 6.45) is 1.91. The van der Waals surface area contributed by atoms with Gasteiger partial charge in [0.1, 0.15) is 0 Å². The van der Waals surface area contributed by atoms with Crippen molar-refractivity contribution in [1.29, 1.82) is 0 Å². The zero-order valence-electron chi connectivity index (χ0n) is 6.98. The first kappa shape index (κ1) is 9.67. The number of carboxylic acid groups (broad SMARTS) is 1. The number of allylic oxidation sites excluding steroid dienone is 1. The molecular weight excluding hydrogens is 188 g/mol. The second-order valence-corrected chi connectivity index (χ2v) is 3.73. The maximum atomic E-state index is 11.2. The smallest absolute Gasteiger partial charge is 0.328 e. The Bertz CT molecular complexity index is 363. The Morgan fingerprint density at radius 1 is 1.38 bits per heavy atom. The molecule has 1 heterocycles. The molecule has 0 amide bonds. The van der Waals surface area contributed by atoms with Crippen molar-refractivity contribution >= 4 is 23.1 Å². The molecular formula is C9H8O3S. The summed E-state index contributed by atoms with van der Waals surface area (Å²) in [6, 6.07) is 3.51. The summed E-state index contributed by atoms with van der Waals surface area (Å²) in [7, 11) is 0. The first-order valence-electron chi connectivity index (χ1n) is 3.61. The van der Waals surface area contributed by atoms with Crippen LogP contribution in [-0.4, -0.2) is 16.9 Å². The molecule has 0 fully saturated rings. The van der Waals surface area contributed by atoms with Crippen LogP contribution in [0.5, 0.6) is 0 Å². The predicted molar refractivity (Wildman–Crippen MR) is 50.2 cm³/mol. The van der Waals surface area contributed by atoms with Gasteiger partial charge in [-0.25, -0.2) is 4.79 Å². The first-order chi connectivity index (χ1) is 6.09. The second-order valence-electron chi connectivity index (χ2n) is 2.45. The molecule has 1 aromatic heterocycles. The minimum atomic E-state index is -1.11. The van der Waals surface area contributed by atoms with E-state index in [1.807, 2.05) is 13.0 Å². The lowest BCUT2D eigenvalue weighted by Crippen LogP contribution is -1.93. The number of carboxylic acids is 1. The summed E-state index contributed by atoms with van der Waals surface area (Å²) in [6.45, 7) is 1.89. The monoisotopic (exact) mass is 196 g/mol. The molecule has 0 aromatic carbocycles. The number of aliphatic carboxylic acids is 1. The Balaban J connectivity index is 2.75. The van der Waals surface area contributed by atoms with E-state index >= 15 is 0 Å². The number of carbonyl (C=O) groups excluding carboxylic acids is 1. The standard InChI is InChI=1S/C9H8O3S/c1-6-2-4-8(13-6)7(10)3-5-9(11)12/h2-5H,1H3,(H,11,12)/b5-3+. The van der Waals surface area contributed by atoms with E-state index in [-0.39, 0.29) is 5.78 Å². The van der Waals surface area contributed by atoms with Gasteiger partial charge in [0, 0.05) is 11.0 Å². The molecule has 0 spiro atoms. The molecule has 13 heavy (non-hydrogen) atoms. The third-order valence-electron chi connectivity index (χ3n) is 1.36. The van der Waals surface area contributed by atoms with Crippen LogP contribution in [0.15, 0.2) is 24.3 Å². The number of ketones is 1. The Morgan fingerprint density at radius 3 is 2.54 bits per heavy atom. The fourth-order valence-electron chi connectivity index (χ4n) is 0.796. The van der Waals surface area contributed by atoms with Crippen molar-refractivity contribution in [3.05, 3.63) is 34.0 Å². The molecule has 0 atom stereocenters. The van der Waals surface area contributed by atoms with Crippen molar-refractivity contribution in [3.8, 4) is 0 Å². The van der Waals surface area contributed by atoms with E-state index in [4.69, 9.17) is 5.11 Å². The zero-order valence-corrected chi connectivity index (χ0v) is 7.80. The quantitative estimate of drug-likeness (QED) is 0.593. The van der Waals surface area contributed by atoms with Gasteiger partial charge in [-0.15, -0.1) is 11.3 Å². The molecule has 0 saturated carbocycles. The van der Waals surface area contributed by atoms with Gasteiger partial charge < -0.3 is 5.11 Å². The zero-order chi connectivity index (χ0) is 9.84. The lowest BCUT2D eigenvalue weighted by atomic mass is 10.3. The second kappa shape index (κ2) is 4.00. The van der Waals surface area contributed by atoms with Crippen LogP contribution in [0.4, 0.5) is 0 Å². The number of rotatable bonds is 3. The van der Waals surface area contributed by atoms with Crippen molar-refractivity contribution < 1.29 is 14.7 Å². The average Bonchev–Trinajstić information content (AvgIpc) is 2.47. The molecule has 4 heteroatoms. The summed E-state index contributed by atoms with van der Waals surface area (Å²) in [4.78, 5) is 22.9. The fourth-order valence-corrected chi connectivity index (χ4v) is 1.58. The molecule has 1 N–H and O–H groups in total. The summed E-state index contributed by atoms with van der Waals surface area (Å²) < 4.78 is 0. The Kier molecular flexibility index (Phi) is 2.97. The SMILES string of the molecule is Cc1ccc(C(=O)/C=C/C(=O)O)s1. The van der Waals surface area contributed by atoms with Crippen LogP contribution in [0.2, 0.25) is 0 Å². The minimum absolute atomic E-state index is 0.263.